The number of aromatic nitrogens is 1. The molecule has 5 nitrogen and oxygen atoms in total. The predicted octanol–water partition coefficient (Wildman–Crippen LogP) is 1.34. The van der Waals surface area contributed by atoms with E-state index in [0.29, 0.717) is 18.0 Å². The molecule has 94 valence electrons. The van der Waals surface area contributed by atoms with Crippen LogP contribution in [0, 0.1) is 17.2 Å². The highest BCUT2D eigenvalue weighted by Gasteiger charge is 2.26. The first-order valence-electron chi connectivity index (χ1n) is 5.94. The smallest absolute Gasteiger partial charge is 0.233 e. The molecule has 0 aliphatic carbocycles. The zero-order chi connectivity index (χ0) is 13.0. The summed E-state index contributed by atoms with van der Waals surface area (Å²) in [7, 11) is 1.65. The Morgan fingerprint density at radius 1 is 1.67 bits per heavy atom. The Balaban J connectivity index is 2.17. The largest absolute Gasteiger partial charge is 0.381 e. The van der Waals surface area contributed by atoms with Crippen molar-refractivity contribution >= 4 is 11.7 Å². The number of nitriles is 1. The fraction of sp³-hybridized carbons (Fsp3) is 0.462. The van der Waals surface area contributed by atoms with Gasteiger partial charge in [0.15, 0.2) is 5.82 Å². The van der Waals surface area contributed by atoms with Gasteiger partial charge in [-0.1, -0.05) is 0 Å². The lowest BCUT2D eigenvalue weighted by Crippen LogP contribution is -2.37. The van der Waals surface area contributed by atoms with E-state index in [1.807, 2.05) is 6.07 Å². The molecule has 18 heavy (non-hydrogen) atoms. The Kier molecular flexibility index (Phi) is 3.90. The summed E-state index contributed by atoms with van der Waals surface area (Å²) in [6.07, 6.45) is 3.31. The van der Waals surface area contributed by atoms with Crippen LogP contribution in [0.5, 0.6) is 0 Å². The maximum absolute atomic E-state index is 12.3. The molecule has 1 fully saturated rings. The first kappa shape index (κ1) is 12.5. The highest BCUT2D eigenvalue weighted by atomic mass is 16.5. The molecule has 1 amide bonds. The molecule has 0 saturated carbocycles. The molecule has 5 heteroatoms. The van der Waals surface area contributed by atoms with Crippen molar-refractivity contribution in [2.75, 3.05) is 25.2 Å². The Bertz CT molecular complexity index is 475. The molecule has 0 aromatic carbocycles. The van der Waals surface area contributed by atoms with E-state index in [9.17, 15) is 4.79 Å². The number of anilines is 1. The highest BCUT2D eigenvalue weighted by Crippen LogP contribution is 2.21. The molecule has 0 N–H and O–H groups in total. The lowest BCUT2D eigenvalue weighted by Gasteiger charge is -2.26. The van der Waals surface area contributed by atoms with Crippen LogP contribution in [0.15, 0.2) is 18.3 Å². The lowest BCUT2D eigenvalue weighted by molar-refractivity contribution is -0.126. The maximum atomic E-state index is 12.3. The van der Waals surface area contributed by atoms with Crippen molar-refractivity contribution in [1.29, 1.82) is 5.26 Å². The van der Waals surface area contributed by atoms with Gasteiger partial charge in [0.25, 0.3) is 0 Å². The molecule has 0 spiro atoms. The van der Waals surface area contributed by atoms with Crippen LogP contribution in [0.4, 0.5) is 5.82 Å². The van der Waals surface area contributed by atoms with Gasteiger partial charge in [-0.05, 0) is 25.0 Å². The van der Waals surface area contributed by atoms with Gasteiger partial charge in [-0.25, -0.2) is 4.98 Å². The molecular weight excluding hydrogens is 230 g/mol. The number of pyridine rings is 1. The van der Waals surface area contributed by atoms with Crippen molar-refractivity contribution in [2.45, 2.75) is 12.8 Å². The number of hydrogen-bond donors (Lipinski definition) is 0. The van der Waals surface area contributed by atoms with Gasteiger partial charge in [-0.2, -0.15) is 5.26 Å². The zero-order valence-corrected chi connectivity index (χ0v) is 10.3. The lowest BCUT2D eigenvalue weighted by atomic mass is 10.0. The van der Waals surface area contributed by atoms with E-state index in [4.69, 9.17) is 10.00 Å². The van der Waals surface area contributed by atoms with Crippen molar-refractivity contribution in [3.05, 3.63) is 23.9 Å². The van der Waals surface area contributed by atoms with Crippen LogP contribution in [0.1, 0.15) is 18.4 Å². The SMILES string of the molecule is CN(C(=O)[C@H]1CCCOC1)c1ncccc1C#N. The monoisotopic (exact) mass is 245 g/mol. The summed E-state index contributed by atoms with van der Waals surface area (Å²) in [4.78, 5) is 17.8. The molecular formula is C13H15N3O2. The average molecular weight is 245 g/mol. The summed E-state index contributed by atoms with van der Waals surface area (Å²) < 4.78 is 5.31. The van der Waals surface area contributed by atoms with E-state index in [2.05, 4.69) is 4.98 Å². The van der Waals surface area contributed by atoms with E-state index in [0.717, 1.165) is 19.4 Å². The van der Waals surface area contributed by atoms with Crippen LogP contribution in [0.2, 0.25) is 0 Å². The van der Waals surface area contributed by atoms with Crippen LogP contribution in [-0.2, 0) is 9.53 Å². The second-order valence-electron chi connectivity index (χ2n) is 4.30. The molecule has 1 saturated heterocycles. The third-order valence-corrected chi connectivity index (χ3v) is 3.06. The molecule has 0 unspecified atom stereocenters. The molecule has 1 aromatic heterocycles. The van der Waals surface area contributed by atoms with E-state index in [-0.39, 0.29) is 11.8 Å². The first-order chi connectivity index (χ1) is 8.74. The Hall–Kier alpha value is -1.93. The summed E-state index contributed by atoms with van der Waals surface area (Å²) in [6, 6.07) is 5.39. The normalized spacial score (nSPS) is 19.0. The van der Waals surface area contributed by atoms with Crippen LogP contribution in [0.3, 0.4) is 0 Å². The summed E-state index contributed by atoms with van der Waals surface area (Å²) in [6.45, 7) is 1.18. The average Bonchev–Trinajstić information content (AvgIpc) is 2.46. The van der Waals surface area contributed by atoms with Gasteiger partial charge in [0.05, 0.1) is 18.1 Å². The number of hydrogen-bond acceptors (Lipinski definition) is 4. The van der Waals surface area contributed by atoms with E-state index < -0.39 is 0 Å². The topological polar surface area (TPSA) is 66.2 Å². The Labute approximate surface area is 106 Å². The minimum Gasteiger partial charge on any atom is -0.381 e. The molecule has 0 bridgehead atoms. The van der Waals surface area contributed by atoms with Crippen LogP contribution in [0.25, 0.3) is 0 Å². The fourth-order valence-electron chi connectivity index (χ4n) is 2.07. The van der Waals surface area contributed by atoms with Gasteiger partial charge in [-0.3, -0.25) is 9.69 Å². The van der Waals surface area contributed by atoms with Crippen molar-refractivity contribution in [3.63, 3.8) is 0 Å². The quantitative estimate of drug-likeness (QED) is 0.788. The number of carbonyl (C=O) groups excluding carboxylic acids is 1. The number of carbonyl (C=O) groups is 1. The summed E-state index contributed by atoms with van der Waals surface area (Å²) in [5.74, 6) is 0.248. The van der Waals surface area contributed by atoms with E-state index in [1.54, 1.807) is 25.4 Å². The molecule has 1 aliphatic rings. The molecule has 2 rings (SSSR count). The molecule has 2 heterocycles. The van der Waals surface area contributed by atoms with Crippen LogP contribution < -0.4 is 4.90 Å². The maximum Gasteiger partial charge on any atom is 0.233 e. The molecule has 1 aliphatic heterocycles. The van der Waals surface area contributed by atoms with Crippen molar-refractivity contribution in [3.8, 4) is 6.07 Å². The second-order valence-corrected chi connectivity index (χ2v) is 4.30. The van der Waals surface area contributed by atoms with Crippen molar-refractivity contribution in [1.82, 2.24) is 4.98 Å². The highest BCUT2D eigenvalue weighted by molar-refractivity contribution is 5.94. The van der Waals surface area contributed by atoms with Gasteiger partial charge in [0, 0.05) is 19.9 Å². The van der Waals surface area contributed by atoms with E-state index >= 15 is 0 Å². The number of nitrogens with zero attached hydrogens (tertiary/aromatic N) is 3. The number of ether oxygens (including phenoxy) is 1. The Morgan fingerprint density at radius 3 is 3.17 bits per heavy atom. The number of rotatable bonds is 2. The first-order valence-corrected chi connectivity index (χ1v) is 5.94. The molecule has 1 atom stereocenters. The van der Waals surface area contributed by atoms with Gasteiger partial charge in [0.2, 0.25) is 5.91 Å². The van der Waals surface area contributed by atoms with Gasteiger partial charge >= 0.3 is 0 Å². The molecule has 0 radical (unpaired) electrons. The van der Waals surface area contributed by atoms with Crippen LogP contribution >= 0.6 is 0 Å². The molecule has 1 aromatic rings. The third kappa shape index (κ3) is 2.49. The number of amides is 1. The minimum absolute atomic E-state index is 0.0371. The third-order valence-electron chi connectivity index (χ3n) is 3.06. The van der Waals surface area contributed by atoms with Crippen molar-refractivity contribution in [2.24, 2.45) is 5.92 Å². The zero-order valence-electron chi connectivity index (χ0n) is 10.3. The van der Waals surface area contributed by atoms with Crippen LogP contribution in [-0.4, -0.2) is 31.2 Å². The van der Waals surface area contributed by atoms with Gasteiger partial charge in [0.1, 0.15) is 6.07 Å². The summed E-state index contributed by atoms with van der Waals surface area (Å²) in [5, 5.41) is 9.01. The summed E-state index contributed by atoms with van der Waals surface area (Å²) in [5.41, 5.74) is 0.407. The predicted molar refractivity (Wildman–Crippen MR) is 65.9 cm³/mol. The van der Waals surface area contributed by atoms with Gasteiger partial charge in [-0.15, -0.1) is 0 Å². The van der Waals surface area contributed by atoms with Gasteiger partial charge < -0.3 is 4.74 Å². The Morgan fingerprint density at radius 2 is 2.50 bits per heavy atom. The minimum atomic E-state index is -0.128. The van der Waals surface area contributed by atoms with E-state index in [1.165, 1.54) is 4.90 Å². The second kappa shape index (κ2) is 5.61. The fourth-order valence-corrected chi connectivity index (χ4v) is 2.07. The van der Waals surface area contributed by atoms with Crippen molar-refractivity contribution < 1.29 is 9.53 Å². The summed E-state index contributed by atoms with van der Waals surface area (Å²) >= 11 is 0. The standard InChI is InChI=1S/C13H15N3O2/c1-16(12-10(8-14)4-2-6-15-12)13(17)11-5-3-7-18-9-11/h2,4,6,11H,3,5,7,9H2,1H3/t11-/m0/s1.